The van der Waals surface area contributed by atoms with Crippen molar-refractivity contribution in [1.82, 2.24) is 9.55 Å². The van der Waals surface area contributed by atoms with E-state index in [0.717, 1.165) is 22.4 Å². The summed E-state index contributed by atoms with van der Waals surface area (Å²) < 4.78 is 12.8. The quantitative estimate of drug-likeness (QED) is 0.798. The molecule has 0 aliphatic carbocycles. The molecule has 6 heteroatoms. The van der Waals surface area contributed by atoms with E-state index < -0.39 is 6.10 Å². The lowest BCUT2D eigenvalue weighted by Gasteiger charge is -2.22. The van der Waals surface area contributed by atoms with Crippen LogP contribution in [0.15, 0.2) is 48.5 Å². The van der Waals surface area contributed by atoms with Crippen molar-refractivity contribution in [1.29, 1.82) is 0 Å². The first-order valence-electron chi connectivity index (χ1n) is 8.24. The van der Waals surface area contributed by atoms with Crippen LogP contribution in [0.1, 0.15) is 0 Å². The number of hydrogen-bond acceptors (Lipinski definition) is 4. The van der Waals surface area contributed by atoms with Gasteiger partial charge in [0.05, 0.1) is 30.9 Å². The third-order valence-electron chi connectivity index (χ3n) is 4.28. The summed E-state index contributed by atoms with van der Waals surface area (Å²) in [4.78, 5) is 17.0. The molecule has 6 nitrogen and oxygen atoms in total. The summed E-state index contributed by atoms with van der Waals surface area (Å²) in [7, 11) is 1.99. The molecule has 3 aromatic rings. The molecule has 0 saturated carbocycles. The first kappa shape index (κ1) is 15.8. The fraction of sp³-hybridized carbons (Fsp3) is 0.263. The number of nitrogens with one attached hydrogen (secondary N) is 1. The van der Waals surface area contributed by atoms with Gasteiger partial charge in [-0.05, 0) is 24.3 Å². The van der Waals surface area contributed by atoms with E-state index in [4.69, 9.17) is 14.5 Å². The van der Waals surface area contributed by atoms with Crippen molar-refractivity contribution in [3.63, 3.8) is 0 Å². The van der Waals surface area contributed by atoms with Gasteiger partial charge in [-0.2, -0.15) is 0 Å². The molecule has 4 rings (SSSR count). The van der Waals surface area contributed by atoms with Gasteiger partial charge in [0.2, 0.25) is 0 Å². The second-order valence-corrected chi connectivity index (χ2v) is 5.99. The zero-order chi connectivity index (χ0) is 17.2. The maximum atomic E-state index is 12.3. The van der Waals surface area contributed by atoms with E-state index in [1.54, 1.807) is 0 Å². The van der Waals surface area contributed by atoms with Crippen LogP contribution in [0.2, 0.25) is 0 Å². The van der Waals surface area contributed by atoms with Gasteiger partial charge in [0, 0.05) is 18.3 Å². The molecular formula is C19H19N3O3. The highest BCUT2D eigenvalue weighted by atomic mass is 16.6. The van der Waals surface area contributed by atoms with Gasteiger partial charge in [-0.3, -0.25) is 4.79 Å². The Hall–Kier alpha value is -2.70. The maximum Gasteiger partial charge on any atom is 0.255 e. The smallest absolute Gasteiger partial charge is 0.255 e. The predicted molar refractivity (Wildman–Crippen MR) is 95.3 cm³/mol. The SMILES string of the molecule is Cn1c(-c2cccc(NC(=O)[C@H]3COCCO3)c2)nc2ccccc21. The van der Waals surface area contributed by atoms with Gasteiger partial charge in [-0.25, -0.2) is 4.98 Å². The maximum absolute atomic E-state index is 12.3. The number of imidazole rings is 1. The molecule has 1 aromatic heterocycles. The Morgan fingerprint density at radius 1 is 1.20 bits per heavy atom. The summed E-state index contributed by atoms with van der Waals surface area (Å²) >= 11 is 0. The van der Waals surface area contributed by atoms with Crippen LogP contribution in [0.25, 0.3) is 22.4 Å². The standard InChI is InChI=1S/C19H19N3O3/c1-22-16-8-3-2-7-15(16)21-18(22)13-5-4-6-14(11-13)20-19(23)17-12-24-9-10-25-17/h2-8,11,17H,9-10,12H2,1H3,(H,20,23)/t17-/m1/s1. The Morgan fingerprint density at radius 3 is 2.88 bits per heavy atom. The van der Waals surface area contributed by atoms with Gasteiger partial charge in [-0.15, -0.1) is 0 Å². The molecule has 128 valence electrons. The Balaban J connectivity index is 1.60. The third-order valence-corrected chi connectivity index (χ3v) is 4.28. The molecular weight excluding hydrogens is 318 g/mol. The predicted octanol–water partition coefficient (Wildman–Crippen LogP) is 2.59. The normalized spacial score (nSPS) is 17.6. The van der Waals surface area contributed by atoms with Crippen LogP contribution in [0.5, 0.6) is 0 Å². The van der Waals surface area contributed by atoms with Crippen molar-refractivity contribution < 1.29 is 14.3 Å². The number of carbonyl (C=O) groups excluding carboxylic acids is 1. The summed E-state index contributed by atoms with van der Waals surface area (Å²) in [5, 5.41) is 2.89. The monoisotopic (exact) mass is 337 g/mol. The Morgan fingerprint density at radius 2 is 2.08 bits per heavy atom. The van der Waals surface area contributed by atoms with Gasteiger partial charge in [0.1, 0.15) is 5.82 Å². The number of aryl methyl sites for hydroxylation is 1. The first-order valence-corrected chi connectivity index (χ1v) is 8.24. The molecule has 25 heavy (non-hydrogen) atoms. The van der Waals surface area contributed by atoms with Crippen LogP contribution >= 0.6 is 0 Å². The molecule has 1 fully saturated rings. The molecule has 0 bridgehead atoms. The van der Waals surface area contributed by atoms with Crippen LogP contribution in [-0.4, -0.2) is 41.4 Å². The van der Waals surface area contributed by atoms with E-state index in [-0.39, 0.29) is 12.5 Å². The first-order chi connectivity index (χ1) is 12.2. The van der Waals surface area contributed by atoms with E-state index in [0.29, 0.717) is 18.9 Å². The molecule has 0 spiro atoms. The van der Waals surface area contributed by atoms with E-state index in [1.807, 2.05) is 60.1 Å². The van der Waals surface area contributed by atoms with Gasteiger partial charge in [0.25, 0.3) is 5.91 Å². The van der Waals surface area contributed by atoms with Crippen LogP contribution in [0, 0.1) is 0 Å². The summed E-state index contributed by atoms with van der Waals surface area (Å²) in [5.74, 6) is 0.663. The zero-order valence-electron chi connectivity index (χ0n) is 13.9. The summed E-state index contributed by atoms with van der Waals surface area (Å²) in [6.07, 6.45) is -0.562. The highest BCUT2D eigenvalue weighted by Gasteiger charge is 2.22. The highest BCUT2D eigenvalue weighted by molar-refractivity contribution is 5.95. The number of fused-ring (bicyclic) bond motifs is 1. The van der Waals surface area contributed by atoms with Crippen LogP contribution in [0.4, 0.5) is 5.69 Å². The van der Waals surface area contributed by atoms with E-state index >= 15 is 0 Å². The van der Waals surface area contributed by atoms with Crippen LogP contribution < -0.4 is 5.32 Å². The van der Waals surface area contributed by atoms with Crippen molar-refractivity contribution in [2.24, 2.45) is 7.05 Å². The molecule has 1 N–H and O–H groups in total. The molecule has 2 aromatic carbocycles. The number of hydrogen-bond donors (Lipinski definition) is 1. The zero-order valence-corrected chi connectivity index (χ0v) is 13.9. The number of nitrogens with zero attached hydrogens (tertiary/aromatic N) is 2. The van der Waals surface area contributed by atoms with Gasteiger partial charge in [-0.1, -0.05) is 24.3 Å². The molecule has 1 aliphatic heterocycles. The number of para-hydroxylation sites is 2. The van der Waals surface area contributed by atoms with Crippen molar-refractivity contribution in [3.05, 3.63) is 48.5 Å². The molecule has 1 aliphatic rings. The molecule has 0 unspecified atom stereocenters. The van der Waals surface area contributed by atoms with Crippen molar-refractivity contribution in [2.45, 2.75) is 6.10 Å². The average molecular weight is 337 g/mol. The topological polar surface area (TPSA) is 65.4 Å². The minimum atomic E-state index is -0.562. The molecule has 1 atom stereocenters. The lowest BCUT2D eigenvalue weighted by atomic mass is 10.2. The lowest BCUT2D eigenvalue weighted by Crippen LogP contribution is -2.39. The fourth-order valence-electron chi connectivity index (χ4n) is 3.00. The number of anilines is 1. The summed E-state index contributed by atoms with van der Waals surface area (Å²) in [6, 6.07) is 15.7. The molecule has 0 radical (unpaired) electrons. The Labute approximate surface area is 145 Å². The van der Waals surface area contributed by atoms with Crippen molar-refractivity contribution in [3.8, 4) is 11.4 Å². The number of rotatable bonds is 3. The van der Waals surface area contributed by atoms with E-state index in [2.05, 4.69) is 5.32 Å². The molecule has 2 heterocycles. The second kappa shape index (κ2) is 6.66. The van der Waals surface area contributed by atoms with Gasteiger partial charge < -0.3 is 19.4 Å². The summed E-state index contributed by atoms with van der Waals surface area (Å²) in [5.41, 5.74) is 3.67. The number of amides is 1. The fourth-order valence-corrected chi connectivity index (χ4v) is 3.00. The van der Waals surface area contributed by atoms with Gasteiger partial charge in [0.15, 0.2) is 6.10 Å². The van der Waals surface area contributed by atoms with Crippen molar-refractivity contribution >= 4 is 22.6 Å². The third kappa shape index (κ3) is 3.14. The number of aromatic nitrogens is 2. The average Bonchev–Trinajstić information content (AvgIpc) is 3.00. The minimum Gasteiger partial charge on any atom is -0.376 e. The number of carbonyl (C=O) groups is 1. The molecule has 1 saturated heterocycles. The largest absolute Gasteiger partial charge is 0.376 e. The van der Waals surface area contributed by atoms with Crippen LogP contribution in [-0.2, 0) is 21.3 Å². The van der Waals surface area contributed by atoms with Gasteiger partial charge >= 0.3 is 0 Å². The van der Waals surface area contributed by atoms with Crippen molar-refractivity contribution in [2.75, 3.05) is 25.1 Å². The van der Waals surface area contributed by atoms with E-state index in [1.165, 1.54) is 0 Å². The minimum absolute atomic E-state index is 0.193. The second-order valence-electron chi connectivity index (χ2n) is 5.99. The summed E-state index contributed by atoms with van der Waals surface area (Å²) in [6.45, 7) is 1.26. The number of benzene rings is 2. The highest BCUT2D eigenvalue weighted by Crippen LogP contribution is 2.25. The van der Waals surface area contributed by atoms with Crippen LogP contribution in [0.3, 0.4) is 0 Å². The Bertz CT molecular complexity index is 913. The lowest BCUT2D eigenvalue weighted by molar-refractivity contribution is -0.142. The number of ether oxygens (including phenoxy) is 2. The molecule has 1 amide bonds. The van der Waals surface area contributed by atoms with E-state index in [9.17, 15) is 4.79 Å². The Kier molecular flexibility index (Phi) is 4.21.